The Morgan fingerprint density at radius 1 is 1.26 bits per heavy atom. The third-order valence-electron chi connectivity index (χ3n) is 3.05. The minimum absolute atomic E-state index is 0.0697. The van der Waals surface area contributed by atoms with E-state index in [1.54, 1.807) is 23.3 Å². The third kappa shape index (κ3) is 3.93. The maximum absolute atomic E-state index is 12.5. The highest BCUT2D eigenvalue weighted by molar-refractivity contribution is 5.92. The van der Waals surface area contributed by atoms with Crippen molar-refractivity contribution >= 4 is 5.91 Å². The molecule has 0 aliphatic carbocycles. The van der Waals surface area contributed by atoms with Crippen LogP contribution >= 0.6 is 0 Å². The van der Waals surface area contributed by atoms with E-state index in [2.05, 4.69) is 10.4 Å². The summed E-state index contributed by atoms with van der Waals surface area (Å²) in [6.07, 6.45) is -4.58. The van der Waals surface area contributed by atoms with Crippen molar-refractivity contribution in [2.24, 2.45) is 0 Å². The van der Waals surface area contributed by atoms with Crippen LogP contribution in [-0.2, 0) is 12.7 Å². The Bertz CT molecular complexity index is 698. The lowest BCUT2D eigenvalue weighted by Gasteiger charge is -2.10. The van der Waals surface area contributed by atoms with E-state index in [1.807, 2.05) is 0 Å². The van der Waals surface area contributed by atoms with Crippen molar-refractivity contribution in [2.75, 3.05) is 14.2 Å². The molecular formula is C14H14F3N3O3. The van der Waals surface area contributed by atoms with E-state index in [0.717, 1.165) is 0 Å². The fraction of sp³-hybridized carbons (Fsp3) is 0.286. The predicted octanol–water partition coefficient (Wildman–Crippen LogP) is 2.38. The van der Waals surface area contributed by atoms with Crippen molar-refractivity contribution in [3.63, 3.8) is 0 Å². The van der Waals surface area contributed by atoms with E-state index in [0.29, 0.717) is 23.1 Å². The SMILES string of the molecule is COc1ccc(CNC(=O)c2cc(C(F)(F)F)[nH]n2)c(OC)c1. The highest BCUT2D eigenvalue weighted by Gasteiger charge is 2.33. The van der Waals surface area contributed by atoms with Crippen molar-refractivity contribution in [1.29, 1.82) is 0 Å². The molecule has 0 radical (unpaired) electrons. The molecule has 1 amide bonds. The first-order valence-electron chi connectivity index (χ1n) is 6.47. The van der Waals surface area contributed by atoms with Crippen LogP contribution in [0.5, 0.6) is 11.5 Å². The van der Waals surface area contributed by atoms with Crippen LogP contribution in [0.2, 0.25) is 0 Å². The molecule has 23 heavy (non-hydrogen) atoms. The van der Waals surface area contributed by atoms with Crippen LogP contribution in [0.4, 0.5) is 13.2 Å². The molecule has 124 valence electrons. The van der Waals surface area contributed by atoms with Crippen LogP contribution in [-0.4, -0.2) is 30.3 Å². The molecular weight excluding hydrogens is 315 g/mol. The zero-order valence-electron chi connectivity index (χ0n) is 12.3. The van der Waals surface area contributed by atoms with E-state index in [9.17, 15) is 18.0 Å². The Morgan fingerprint density at radius 2 is 2.00 bits per heavy atom. The fourth-order valence-corrected chi connectivity index (χ4v) is 1.85. The van der Waals surface area contributed by atoms with Gasteiger partial charge in [-0.05, 0) is 12.1 Å². The average molecular weight is 329 g/mol. The number of carbonyl (C=O) groups is 1. The number of carbonyl (C=O) groups excluding carboxylic acids is 1. The van der Waals surface area contributed by atoms with Crippen LogP contribution in [0.15, 0.2) is 24.3 Å². The Morgan fingerprint density at radius 3 is 2.57 bits per heavy atom. The van der Waals surface area contributed by atoms with E-state index >= 15 is 0 Å². The number of hydrogen-bond acceptors (Lipinski definition) is 4. The highest BCUT2D eigenvalue weighted by atomic mass is 19.4. The zero-order valence-corrected chi connectivity index (χ0v) is 12.3. The molecule has 2 N–H and O–H groups in total. The summed E-state index contributed by atoms with van der Waals surface area (Å²) in [4.78, 5) is 11.9. The van der Waals surface area contributed by atoms with Crippen LogP contribution in [0.3, 0.4) is 0 Å². The van der Waals surface area contributed by atoms with Gasteiger partial charge in [0.15, 0.2) is 5.69 Å². The molecule has 0 saturated carbocycles. The van der Waals surface area contributed by atoms with Gasteiger partial charge in [-0.15, -0.1) is 0 Å². The molecule has 2 aromatic rings. The number of ether oxygens (including phenoxy) is 2. The molecule has 0 spiro atoms. The first kappa shape index (κ1) is 16.7. The van der Waals surface area contributed by atoms with Crippen molar-refractivity contribution in [1.82, 2.24) is 15.5 Å². The van der Waals surface area contributed by atoms with Crippen LogP contribution in [0, 0.1) is 0 Å². The van der Waals surface area contributed by atoms with Gasteiger partial charge in [-0.1, -0.05) is 0 Å². The van der Waals surface area contributed by atoms with Gasteiger partial charge in [-0.25, -0.2) is 0 Å². The lowest BCUT2D eigenvalue weighted by molar-refractivity contribution is -0.141. The van der Waals surface area contributed by atoms with Gasteiger partial charge in [0.25, 0.3) is 5.91 Å². The highest BCUT2D eigenvalue weighted by Crippen LogP contribution is 2.28. The molecule has 9 heteroatoms. The van der Waals surface area contributed by atoms with Crippen molar-refractivity contribution in [3.05, 3.63) is 41.2 Å². The molecule has 0 atom stereocenters. The van der Waals surface area contributed by atoms with Gasteiger partial charge in [-0.3, -0.25) is 9.89 Å². The number of alkyl halides is 3. The van der Waals surface area contributed by atoms with Crippen LogP contribution in [0.25, 0.3) is 0 Å². The minimum Gasteiger partial charge on any atom is -0.497 e. The zero-order chi connectivity index (χ0) is 17.0. The maximum atomic E-state index is 12.5. The summed E-state index contributed by atoms with van der Waals surface area (Å²) in [5, 5.41) is 7.62. The minimum atomic E-state index is -4.58. The van der Waals surface area contributed by atoms with Gasteiger partial charge in [0, 0.05) is 24.2 Å². The molecule has 1 aromatic carbocycles. The number of methoxy groups -OCH3 is 2. The number of amides is 1. The van der Waals surface area contributed by atoms with E-state index in [1.165, 1.54) is 14.2 Å². The van der Waals surface area contributed by atoms with E-state index < -0.39 is 17.8 Å². The number of nitrogens with zero attached hydrogens (tertiary/aromatic N) is 1. The number of nitrogens with one attached hydrogen (secondary N) is 2. The topological polar surface area (TPSA) is 76.2 Å². The lowest BCUT2D eigenvalue weighted by atomic mass is 10.2. The molecule has 0 aliphatic rings. The standard InChI is InChI=1S/C14H14F3N3O3/c1-22-9-4-3-8(11(5-9)23-2)7-18-13(21)10-6-12(20-19-10)14(15,16)17/h3-6H,7H2,1-2H3,(H,18,21)(H,19,20). The van der Waals surface area contributed by atoms with Crippen molar-refractivity contribution in [3.8, 4) is 11.5 Å². The summed E-state index contributed by atoms with van der Waals surface area (Å²) in [5.41, 5.74) is -0.775. The first-order valence-corrected chi connectivity index (χ1v) is 6.47. The molecule has 6 nitrogen and oxygen atoms in total. The van der Waals surface area contributed by atoms with Gasteiger partial charge in [0.1, 0.15) is 17.2 Å². The summed E-state index contributed by atoms with van der Waals surface area (Å²) in [5.74, 6) is 0.344. The summed E-state index contributed by atoms with van der Waals surface area (Å²) >= 11 is 0. The number of aromatic nitrogens is 2. The van der Waals surface area contributed by atoms with Gasteiger partial charge in [-0.2, -0.15) is 18.3 Å². The largest absolute Gasteiger partial charge is 0.497 e. The lowest BCUT2D eigenvalue weighted by Crippen LogP contribution is -2.23. The van der Waals surface area contributed by atoms with Crippen LogP contribution in [0.1, 0.15) is 21.7 Å². The van der Waals surface area contributed by atoms with E-state index in [4.69, 9.17) is 9.47 Å². The maximum Gasteiger partial charge on any atom is 0.432 e. The van der Waals surface area contributed by atoms with Crippen molar-refractivity contribution in [2.45, 2.75) is 12.7 Å². The average Bonchev–Trinajstić information content (AvgIpc) is 3.02. The van der Waals surface area contributed by atoms with Gasteiger partial charge in [0.05, 0.1) is 14.2 Å². The molecule has 0 aliphatic heterocycles. The van der Waals surface area contributed by atoms with Gasteiger partial charge in [0.2, 0.25) is 0 Å². The number of halogens is 3. The summed E-state index contributed by atoms with van der Waals surface area (Å²) < 4.78 is 47.6. The number of benzene rings is 1. The predicted molar refractivity (Wildman–Crippen MR) is 74.3 cm³/mol. The van der Waals surface area contributed by atoms with Crippen molar-refractivity contribution < 1.29 is 27.4 Å². The Kier molecular flexibility index (Phi) is 4.77. The summed E-state index contributed by atoms with van der Waals surface area (Å²) in [6.45, 7) is 0.0697. The summed E-state index contributed by atoms with van der Waals surface area (Å²) in [6, 6.07) is 5.66. The molecule has 1 aromatic heterocycles. The van der Waals surface area contributed by atoms with E-state index in [-0.39, 0.29) is 12.2 Å². The number of H-pyrrole nitrogens is 1. The Hall–Kier alpha value is -2.71. The second-order valence-electron chi connectivity index (χ2n) is 4.53. The summed E-state index contributed by atoms with van der Waals surface area (Å²) in [7, 11) is 2.97. The molecule has 0 unspecified atom stereocenters. The fourth-order valence-electron chi connectivity index (χ4n) is 1.85. The van der Waals surface area contributed by atoms with Gasteiger partial charge < -0.3 is 14.8 Å². The number of rotatable bonds is 5. The first-order chi connectivity index (χ1) is 10.8. The Balaban J connectivity index is 2.06. The Labute approximate surface area is 129 Å². The number of aromatic amines is 1. The monoisotopic (exact) mass is 329 g/mol. The second kappa shape index (κ2) is 6.59. The smallest absolute Gasteiger partial charge is 0.432 e. The molecule has 2 rings (SSSR count). The quantitative estimate of drug-likeness (QED) is 0.883. The molecule has 0 fully saturated rings. The number of hydrogen-bond donors (Lipinski definition) is 2. The molecule has 0 bridgehead atoms. The second-order valence-corrected chi connectivity index (χ2v) is 4.53. The van der Waals surface area contributed by atoms with Gasteiger partial charge >= 0.3 is 6.18 Å². The third-order valence-corrected chi connectivity index (χ3v) is 3.05. The molecule has 1 heterocycles. The normalized spacial score (nSPS) is 11.2. The molecule has 0 saturated heterocycles. The van der Waals surface area contributed by atoms with Crippen LogP contribution < -0.4 is 14.8 Å².